The Morgan fingerprint density at radius 1 is 1.33 bits per heavy atom. The summed E-state index contributed by atoms with van der Waals surface area (Å²) in [5.74, 6) is 0.908. The van der Waals surface area contributed by atoms with Crippen molar-refractivity contribution >= 4 is 11.3 Å². The Kier molecular flexibility index (Phi) is 2.35. The van der Waals surface area contributed by atoms with E-state index in [2.05, 4.69) is 41.8 Å². The summed E-state index contributed by atoms with van der Waals surface area (Å²) in [6, 6.07) is 2.09. The second-order valence-electron chi connectivity index (χ2n) is 5.92. The van der Waals surface area contributed by atoms with E-state index in [1.165, 1.54) is 0 Å². The lowest BCUT2D eigenvalue weighted by Crippen LogP contribution is -2.51. The Morgan fingerprint density at radius 2 is 2.06 bits per heavy atom. The highest BCUT2D eigenvalue weighted by atomic mass is 16.3. The van der Waals surface area contributed by atoms with Crippen LogP contribution in [0.3, 0.4) is 0 Å². The Labute approximate surface area is 106 Å². The Bertz CT molecular complexity index is 578. The predicted octanol–water partition coefficient (Wildman–Crippen LogP) is 1.21. The van der Waals surface area contributed by atoms with Gasteiger partial charge in [-0.15, -0.1) is 0 Å². The summed E-state index contributed by atoms with van der Waals surface area (Å²) in [4.78, 5) is 6.49. The molecule has 5 heteroatoms. The summed E-state index contributed by atoms with van der Waals surface area (Å²) in [7, 11) is 0. The van der Waals surface area contributed by atoms with Crippen LogP contribution in [0.4, 0.5) is 5.82 Å². The quantitative estimate of drug-likeness (QED) is 0.821. The van der Waals surface area contributed by atoms with E-state index < -0.39 is 0 Å². The molecule has 0 aromatic carbocycles. The number of hydrogen-bond acceptors (Lipinski definition) is 4. The maximum absolute atomic E-state index is 9.39. The molecule has 96 valence electrons. The van der Waals surface area contributed by atoms with Gasteiger partial charge >= 0.3 is 0 Å². The van der Waals surface area contributed by atoms with Gasteiger partial charge in [-0.3, -0.25) is 0 Å². The van der Waals surface area contributed by atoms with Crippen LogP contribution in [0.25, 0.3) is 5.52 Å². The van der Waals surface area contributed by atoms with Gasteiger partial charge in [0.05, 0.1) is 11.8 Å². The zero-order chi connectivity index (χ0) is 12.9. The van der Waals surface area contributed by atoms with Crippen LogP contribution in [0.15, 0.2) is 18.5 Å². The largest absolute Gasteiger partial charge is 0.389 e. The summed E-state index contributed by atoms with van der Waals surface area (Å²) in [6.45, 7) is 7.76. The number of fused-ring (bicyclic) bond motifs is 1. The molecule has 0 bridgehead atoms. The van der Waals surface area contributed by atoms with E-state index in [-0.39, 0.29) is 11.5 Å². The number of aliphatic hydroxyl groups is 1. The van der Waals surface area contributed by atoms with Gasteiger partial charge < -0.3 is 10.0 Å². The first-order valence-corrected chi connectivity index (χ1v) is 6.23. The van der Waals surface area contributed by atoms with E-state index in [0.29, 0.717) is 13.1 Å². The fraction of sp³-hybridized carbons (Fsp3) is 0.538. The standard InChI is InChI=1S/C13H18N4O/c1-13(2,3)11-6-10-12(16-7-9(18)8-16)14-4-5-17(10)15-11/h4-6,9,18H,7-8H2,1-3H3. The van der Waals surface area contributed by atoms with Gasteiger partial charge in [0.15, 0.2) is 5.82 Å². The number of nitrogens with zero attached hydrogens (tertiary/aromatic N) is 4. The van der Waals surface area contributed by atoms with E-state index in [0.717, 1.165) is 17.0 Å². The van der Waals surface area contributed by atoms with Crippen LogP contribution in [0.5, 0.6) is 0 Å². The van der Waals surface area contributed by atoms with Crippen molar-refractivity contribution in [3.05, 3.63) is 24.2 Å². The molecule has 0 amide bonds. The summed E-state index contributed by atoms with van der Waals surface area (Å²) in [5, 5.41) is 14.0. The molecule has 5 nitrogen and oxygen atoms in total. The molecule has 0 aliphatic carbocycles. The predicted molar refractivity (Wildman–Crippen MR) is 69.9 cm³/mol. The monoisotopic (exact) mass is 246 g/mol. The van der Waals surface area contributed by atoms with Gasteiger partial charge in [-0.1, -0.05) is 20.8 Å². The highest BCUT2D eigenvalue weighted by Gasteiger charge is 2.28. The molecular formula is C13H18N4O. The van der Waals surface area contributed by atoms with Crippen LogP contribution in [0.1, 0.15) is 26.5 Å². The minimum Gasteiger partial charge on any atom is -0.389 e. The third-order valence-corrected chi connectivity index (χ3v) is 3.30. The molecule has 0 unspecified atom stereocenters. The first-order chi connectivity index (χ1) is 8.45. The molecule has 2 aromatic heterocycles. The highest BCUT2D eigenvalue weighted by molar-refractivity contribution is 5.70. The third-order valence-electron chi connectivity index (χ3n) is 3.30. The van der Waals surface area contributed by atoms with Gasteiger partial charge in [-0.05, 0) is 6.07 Å². The maximum atomic E-state index is 9.39. The lowest BCUT2D eigenvalue weighted by atomic mass is 9.92. The van der Waals surface area contributed by atoms with Crippen LogP contribution in [0, 0.1) is 0 Å². The van der Waals surface area contributed by atoms with Gasteiger partial charge in [-0.25, -0.2) is 9.50 Å². The Balaban J connectivity index is 2.07. The maximum Gasteiger partial charge on any atom is 0.154 e. The molecule has 1 saturated heterocycles. The zero-order valence-electron chi connectivity index (χ0n) is 11.0. The molecule has 1 fully saturated rings. The van der Waals surface area contributed by atoms with Gasteiger partial charge in [0, 0.05) is 30.9 Å². The second-order valence-corrected chi connectivity index (χ2v) is 5.92. The number of aliphatic hydroxyl groups excluding tert-OH is 1. The summed E-state index contributed by atoms with van der Waals surface area (Å²) in [6.07, 6.45) is 3.40. The van der Waals surface area contributed by atoms with Crippen molar-refractivity contribution in [1.29, 1.82) is 0 Å². The molecule has 1 aliphatic rings. The van der Waals surface area contributed by atoms with Crippen molar-refractivity contribution in [3.8, 4) is 0 Å². The second kappa shape index (κ2) is 3.68. The van der Waals surface area contributed by atoms with E-state index >= 15 is 0 Å². The molecule has 3 heterocycles. The van der Waals surface area contributed by atoms with Crippen LogP contribution in [0.2, 0.25) is 0 Å². The minimum atomic E-state index is -0.225. The van der Waals surface area contributed by atoms with Crippen molar-refractivity contribution in [2.45, 2.75) is 32.3 Å². The molecule has 18 heavy (non-hydrogen) atoms. The van der Waals surface area contributed by atoms with Crippen LogP contribution in [-0.2, 0) is 5.41 Å². The fourth-order valence-electron chi connectivity index (χ4n) is 2.15. The van der Waals surface area contributed by atoms with Crippen molar-refractivity contribution in [2.75, 3.05) is 18.0 Å². The van der Waals surface area contributed by atoms with Gasteiger partial charge in [-0.2, -0.15) is 5.10 Å². The van der Waals surface area contributed by atoms with Crippen LogP contribution >= 0.6 is 0 Å². The number of β-amino-alcohol motifs (C(OH)–C–C–N with tert-alkyl or cyclic N) is 1. The topological polar surface area (TPSA) is 53.7 Å². The van der Waals surface area contributed by atoms with Crippen LogP contribution < -0.4 is 4.90 Å². The molecule has 1 N–H and O–H groups in total. The lowest BCUT2D eigenvalue weighted by Gasteiger charge is -2.36. The van der Waals surface area contributed by atoms with E-state index in [1.54, 1.807) is 6.20 Å². The number of aromatic nitrogens is 3. The number of hydrogen-bond donors (Lipinski definition) is 1. The first kappa shape index (κ1) is 11.5. The highest BCUT2D eigenvalue weighted by Crippen LogP contribution is 2.28. The molecular weight excluding hydrogens is 228 g/mol. The third kappa shape index (κ3) is 1.75. The van der Waals surface area contributed by atoms with Gasteiger partial charge in [0.2, 0.25) is 0 Å². The average molecular weight is 246 g/mol. The SMILES string of the molecule is CC(C)(C)c1cc2c(N3CC(O)C3)nccn2n1. The minimum absolute atomic E-state index is 0.0255. The van der Waals surface area contributed by atoms with Gasteiger partial charge in [0.25, 0.3) is 0 Å². The smallest absolute Gasteiger partial charge is 0.154 e. The average Bonchev–Trinajstić information content (AvgIpc) is 2.68. The molecule has 0 radical (unpaired) electrons. The van der Waals surface area contributed by atoms with Gasteiger partial charge in [0.1, 0.15) is 5.52 Å². The van der Waals surface area contributed by atoms with Crippen molar-refractivity contribution in [3.63, 3.8) is 0 Å². The van der Waals surface area contributed by atoms with E-state index in [4.69, 9.17) is 0 Å². The zero-order valence-corrected chi connectivity index (χ0v) is 11.0. The number of anilines is 1. The normalized spacial score (nSPS) is 17.2. The number of rotatable bonds is 1. The molecule has 3 rings (SSSR count). The first-order valence-electron chi connectivity index (χ1n) is 6.23. The molecule has 2 aromatic rings. The van der Waals surface area contributed by atoms with Crippen molar-refractivity contribution < 1.29 is 5.11 Å². The van der Waals surface area contributed by atoms with Crippen molar-refractivity contribution in [1.82, 2.24) is 14.6 Å². The van der Waals surface area contributed by atoms with Crippen molar-refractivity contribution in [2.24, 2.45) is 0 Å². The fourth-order valence-corrected chi connectivity index (χ4v) is 2.15. The lowest BCUT2D eigenvalue weighted by molar-refractivity contribution is 0.141. The molecule has 1 aliphatic heterocycles. The summed E-state index contributed by atoms with van der Waals surface area (Å²) >= 11 is 0. The Hall–Kier alpha value is -1.62. The molecule has 0 atom stereocenters. The van der Waals surface area contributed by atoms with E-state index in [9.17, 15) is 5.11 Å². The molecule has 0 saturated carbocycles. The van der Waals surface area contributed by atoms with E-state index in [1.807, 2.05) is 10.7 Å². The molecule has 0 spiro atoms. The summed E-state index contributed by atoms with van der Waals surface area (Å²) in [5.41, 5.74) is 2.09. The van der Waals surface area contributed by atoms with Crippen LogP contribution in [-0.4, -0.2) is 38.9 Å². The Morgan fingerprint density at radius 3 is 2.67 bits per heavy atom. The summed E-state index contributed by atoms with van der Waals surface area (Å²) < 4.78 is 1.87.